The number of sulfonamides is 1. The summed E-state index contributed by atoms with van der Waals surface area (Å²) in [6.45, 7) is 4.30. The van der Waals surface area contributed by atoms with Gasteiger partial charge in [-0.15, -0.1) is 0 Å². The first-order valence-corrected chi connectivity index (χ1v) is 11.1. The monoisotopic (exact) mass is 407 g/mol. The summed E-state index contributed by atoms with van der Waals surface area (Å²) in [5, 5.41) is 0. The first kappa shape index (κ1) is 19.4. The van der Waals surface area contributed by atoms with Crippen LogP contribution in [0, 0.1) is 0 Å². The van der Waals surface area contributed by atoms with Gasteiger partial charge in [-0.2, -0.15) is 4.31 Å². The van der Waals surface area contributed by atoms with Crippen LogP contribution in [0.25, 0.3) is 0 Å². The van der Waals surface area contributed by atoms with Gasteiger partial charge >= 0.3 is 0 Å². The number of nitrogens with zero attached hydrogens (tertiary/aromatic N) is 3. The van der Waals surface area contributed by atoms with Crippen molar-refractivity contribution in [3.8, 4) is 0 Å². The Kier molecular flexibility index (Phi) is 5.15. The summed E-state index contributed by atoms with van der Waals surface area (Å²) in [5.74, 6) is -0.262. The minimum Gasteiger partial charge on any atom is -0.379 e. The van der Waals surface area contributed by atoms with Crippen LogP contribution >= 0.6 is 0 Å². The lowest BCUT2D eigenvalue weighted by atomic mass is 10.1. The van der Waals surface area contributed by atoms with Crippen LogP contribution in [-0.4, -0.2) is 74.9 Å². The molecule has 0 N–H and O–H groups in total. The van der Waals surface area contributed by atoms with Gasteiger partial charge in [0.05, 0.1) is 18.1 Å². The number of benzene rings is 1. The fourth-order valence-electron chi connectivity index (χ4n) is 4.26. The van der Waals surface area contributed by atoms with Gasteiger partial charge in [0.25, 0.3) is 0 Å². The van der Waals surface area contributed by atoms with Gasteiger partial charge in [-0.1, -0.05) is 0 Å². The first-order chi connectivity index (χ1) is 13.4. The number of amides is 2. The van der Waals surface area contributed by atoms with E-state index in [1.54, 1.807) is 17.0 Å². The molecule has 0 aromatic heterocycles. The van der Waals surface area contributed by atoms with Gasteiger partial charge in [0.15, 0.2) is 0 Å². The summed E-state index contributed by atoms with van der Waals surface area (Å²) < 4.78 is 32.5. The van der Waals surface area contributed by atoms with Crippen molar-refractivity contribution >= 4 is 27.5 Å². The van der Waals surface area contributed by atoms with Crippen molar-refractivity contribution in [2.75, 3.05) is 44.3 Å². The molecule has 8 nitrogen and oxygen atoms in total. The molecule has 2 amide bonds. The average molecular weight is 407 g/mol. The Bertz CT molecular complexity index is 889. The summed E-state index contributed by atoms with van der Waals surface area (Å²) in [4.78, 5) is 28.8. The molecule has 9 heteroatoms. The third kappa shape index (κ3) is 3.31. The summed E-state index contributed by atoms with van der Waals surface area (Å²) in [7, 11) is -3.62. The average Bonchev–Trinajstić information content (AvgIpc) is 3.35. The Balaban J connectivity index is 1.64. The second-order valence-corrected chi connectivity index (χ2v) is 9.39. The number of ether oxygens (including phenoxy) is 1. The summed E-state index contributed by atoms with van der Waals surface area (Å²) in [6.07, 6.45) is 2.30. The molecule has 152 valence electrons. The van der Waals surface area contributed by atoms with Crippen LogP contribution in [0.15, 0.2) is 23.1 Å². The van der Waals surface area contributed by atoms with Crippen LogP contribution in [0.1, 0.15) is 25.3 Å². The fourth-order valence-corrected chi connectivity index (χ4v) is 5.72. The van der Waals surface area contributed by atoms with Crippen LogP contribution < -0.4 is 4.90 Å². The molecule has 2 fully saturated rings. The minimum atomic E-state index is -3.62. The summed E-state index contributed by atoms with van der Waals surface area (Å²) in [5.41, 5.74) is 1.35. The van der Waals surface area contributed by atoms with E-state index in [9.17, 15) is 18.0 Å². The molecule has 3 aliphatic rings. The van der Waals surface area contributed by atoms with Crippen molar-refractivity contribution < 1.29 is 22.7 Å². The third-order valence-corrected chi connectivity index (χ3v) is 7.58. The van der Waals surface area contributed by atoms with Crippen molar-refractivity contribution in [3.63, 3.8) is 0 Å². The number of fused-ring (bicyclic) bond motifs is 1. The maximum atomic E-state index is 13.0. The quantitative estimate of drug-likeness (QED) is 0.733. The van der Waals surface area contributed by atoms with Crippen LogP contribution in [-0.2, 0) is 30.8 Å². The predicted octanol–water partition coefficient (Wildman–Crippen LogP) is 0.608. The molecular weight excluding hydrogens is 382 g/mol. The first-order valence-electron chi connectivity index (χ1n) is 9.69. The number of rotatable bonds is 3. The Morgan fingerprint density at radius 1 is 1.07 bits per heavy atom. The largest absolute Gasteiger partial charge is 0.379 e. The van der Waals surface area contributed by atoms with E-state index in [0.29, 0.717) is 51.5 Å². The molecule has 0 unspecified atom stereocenters. The number of carbonyl (C=O) groups is 2. The van der Waals surface area contributed by atoms with Crippen LogP contribution in [0.5, 0.6) is 0 Å². The Hall–Kier alpha value is -1.97. The number of carbonyl (C=O) groups excluding carboxylic acids is 2. The number of anilines is 1. The highest BCUT2D eigenvalue weighted by atomic mass is 32.2. The van der Waals surface area contributed by atoms with E-state index in [2.05, 4.69) is 0 Å². The predicted molar refractivity (Wildman–Crippen MR) is 102 cm³/mol. The minimum absolute atomic E-state index is 0.0542. The van der Waals surface area contributed by atoms with Gasteiger partial charge in [-0.05, 0) is 36.6 Å². The van der Waals surface area contributed by atoms with Crippen molar-refractivity contribution in [1.29, 1.82) is 0 Å². The van der Waals surface area contributed by atoms with Gasteiger partial charge in [0.1, 0.15) is 6.04 Å². The van der Waals surface area contributed by atoms with E-state index < -0.39 is 16.1 Å². The molecule has 0 radical (unpaired) electrons. The third-order valence-electron chi connectivity index (χ3n) is 5.69. The van der Waals surface area contributed by atoms with E-state index in [0.717, 1.165) is 18.4 Å². The van der Waals surface area contributed by atoms with E-state index in [4.69, 9.17) is 4.74 Å². The molecule has 28 heavy (non-hydrogen) atoms. The number of hydrogen-bond acceptors (Lipinski definition) is 5. The van der Waals surface area contributed by atoms with E-state index in [1.165, 1.54) is 22.2 Å². The highest BCUT2D eigenvalue weighted by Gasteiger charge is 2.40. The highest BCUT2D eigenvalue weighted by molar-refractivity contribution is 7.89. The Morgan fingerprint density at radius 3 is 2.39 bits per heavy atom. The molecule has 1 aromatic rings. The number of likely N-dealkylation sites (tertiary alicyclic amines) is 1. The van der Waals surface area contributed by atoms with Gasteiger partial charge in [-0.25, -0.2) is 8.42 Å². The highest BCUT2D eigenvalue weighted by Crippen LogP contribution is 2.36. The van der Waals surface area contributed by atoms with Gasteiger partial charge in [0, 0.05) is 45.2 Å². The van der Waals surface area contributed by atoms with Crippen LogP contribution in [0.3, 0.4) is 0 Å². The van der Waals surface area contributed by atoms with Gasteiger partial charge in [-0.3, -0.25) is 14.5 Å². The molecule has 1 aromatic carbocycles. The summed E-state index contributed by atoms with van der Waals surface area (Å²) >= 11 is 0. The molecule has 1 atom stereocenters. The fraction of sp³-hybridized carbons (Fsp3) is 0.579. The van der Waals surface area contributed by atoms with Crippen molar-refractivity contribution in [2.45, 2.75) is 37.1 Å². The smallest absolute Gasteiger partial charge is 0.246 e. The van der Waals surface area contributed by atoms with Crippen molar-refractivity contribution in [1.82, 2.24) is 9.21 Å². The lowest BCUT2D eigenvalue weighted by Crippen LogP contribution is -2.48. The maximum absolute atomic E-state index is 13.0. The molecule has 0 aliphatic carbocycles. The zero-order valence-corrected chi connectivity index (χ0v) is 16.8. The lowest BCUT2D eigenvalue weighted by molar-refractivity contribution is -0.133. The maximum Gasteiger partial charge on any atom is 0.246 e. The Morgan fingerprint density at radius 2 is 1.75 bits per heavy atom. The number of hydrogen-bond donors (Lipinski definition) is 0. The molecular formula is C19H25N3O5S. The second-order valence-electron chi connectivity index (χ2n) is 7.45. The zero-order chi connectivity index (χ0) is 19.9. The Labute approximate surface area is 165 Å². The number of morpholine rings is 1. The second kappa shape index (κ2) is 7.46. The topological polar surface area (TPSA) is 87.2 Å². The van der Waals surface area contributed by atoms with E-state index in [1.807, 2.05) is 0 Å². The molecule has 0 bridgehead atoms. The van der Waals surface area contributed by atoms with E-state index >= 15 is 0 Å². The molecule has 0 saturated carbocycles. The normalized spacial score (nSPS) is 23.1. The summed E-state index contributed by atoms with van der Waals surface area (Å²) in [6, 6.07) is 4.21. The van der Waals surface area contributed by atoms with Gasteiger partial charge in [0.2, 0.25) is 21.8 Å². The van der Waals surface area contributed by atoms with Crippen LogP contribution in [0.4, 0.5) is 5.69 Å². The van der Waals surface area contributed by atoms with Gasteiger partial charge < -0.3 is 9.64 Å². The standard InChI is InChI=1S/C19H25N3O5S/c1-14(23)22-17-5-4-16(28(25,26)21-8-10-27-11-9-21)12-15(17)13-18(22)19(24)20-6-2-3-7-20/h4-5,12,18H,2-3,6-11,13H2,1H3/t18-/m1/s1. The molecule has 2 saturated heterocycles. The lowest BCUT2D eigenvalue weighted by Gasteiger charge is -2.27. The van der Waals surface area contributed by atoms with Crippen molar-refractivity contribution in [2.24, 2.45) is 0 Å². The molecule has 4 rings (SSSR count). The molecule has 0 spiro atoms. The van der Waals surface area contributed by atoms with E-state index in [-0.39, 0.29) is 16.7 Å². The van der Waals surface area contributed by atoms with Crippen LogP contribution in [0.2, 0.25) is 0 Å². The zero-order valence-electron chi connectivity index (χ0n) is 16.0. The van der Waals surface area contributed by atoms with Crippen molar-refractivity contribution in [3.05, 3.63) is 23.8 Å². The SMILES string of the molecule is CC(=O)N1c2ccc(S(=O)(=O)N3CCOCC3)cc2C[C@@H]1C(=O)N1CCCC1. The molecule has 3 aliphatic heterocycles. The molecule has 3 heterocycles.